The maximum atomic E-state index is 7.46. The fourth-order valence-corrected chi connectivity index (χ4v) is 2.18. The topological polar surface area (TPSA) is 49.0 Å². The van der Waals surface area contributed by atoms with Crippen LogP contribution in [-0.4, -0.2) is 5.84 Å². The highest BCUT2D eigenvalue weighted by Crippen LogP contribution is 2.24. The molecule has 104 valence electrons. The van der Waals surface area contributed by atoms with Crippen LogP contribution in [0.1, 0.15) is 18.2 Å². The molecule has 0 saturated heterocycles. The van der Waals surface area contributed by atoms with E-state index in [1.54, 1.807) is 6.92 Å². The van der Waals surface area contributed by atoms with Crippen LogP contribution in [0.4, 0.5) is 5.69 Å². The zero-order chi connectivity index (χ0) is 14.7. The van der Waals surface area contributed by atoms with Gasteiger partial charge in [0.2, 0.25) is 0 Å². The van der Waals surface area contributed by atoms with Crippen LogP contribution in [0, 0.1) is 5.41 Å². The Balaban J connectivity index is 1.87. The Kier molecular flexibility index (Phi) is 3.56. The lowest BCUT2D eigenvalue weighted by Gasteiger charge is -2.02. The van der Waals surface area contributed by atoms with Crippen LogP contribution in [0.3, 0.4) is 0 Å². The maximum absolute atomic E-state index is 7.46. The standard InChI is InChI=1S/C18H16N2O/c1-13(19)20-16-8-10-18-15(11-16)12-17(21-18)9-7-14-5-3-2-4-6-14/h2-12H,1H3,(H2,19,20)/b9-7+. The lowest BCUT2D eigenvalue weighted by Crippen LogP contribution is -2.04. The third-order valence-corrected chi connectivity index (χ3v) is 3.11. The van der Waals surface area contributed by atoms with Crippen LogP contribution >= 0.6 is 0 Å². The van der Waals surface area contributed by atoms with Crippen molar-refractivity contribution in [3.05, 3.63) is 65.9 Å². The van der Waals surface area contributed by atoms with Crippen molar-refractivity contribution in [2.45, 2.75) is 6.92 Å². The van der Waals surface area contributed by atoms with Crippen molar-refractivity contribution < 1.29 is 4.42 Å². The van der Waals surface area contributed by atoms with Crippen molar-refractivity contribution in [2.75, 3.05) is 5.32 Å². The number of rotatable bonds is 3. The molecule has 0 bridgehead atoms. The molecule has 21 heavy (non-hydrogen) atoms. The molecule has 0 fully saturated rings. The average molecular weight is 276 g/mol. The number of furan rings is 1. The van der Waals surface area contributed by atoms with Gasteiger partial charge in [0.25, 0.3) is 0 Å². The van der Waals surface area contributed by atoms with Crippen molar-refractivity contribution >= 4 is 34.6 Å². The van der Waals surface area contributed by atoms with Crippen LogP contribution in [-0.2, 0) is 0 Å². The van der Waals surface area contributed by atoms with E-state index in [0.29, 0.717) is 5.84 Å². The first-order valence-corrected chi connectivity index (χ1v) is 6.79. The predicted molar refractivity (Wildman–Crippen MR) is 88.6 cm³/mol. The highest BCUT2D eigenvalue weighted by Gasteiger charge is 2.03. The summed E-state index contributed by atoms with van der Waals surface area (Å²) in [5, 5.41) is 11.5. The summed E-state index contributed by atoms with van der Waals surface area (Å²) in [6.45, 7) is 1.72. The summed E-state index contributed by atoms with van der Waals surface area (Å²) in [4.78, 5) is 0. The Bertz CT molecular complexity index is 800. The molecule has 0 aliphatic rings. The minimum Gasteiger partial charge on any atom is -0.457 e. The van der Waals surface area contributed by atoms with Gasteiger partial charge in [-0.1, -0.05) is 36.4 Å². The smallest absolute Gasteiger partial charge is 0.134 e. The molecule has 1 heterocycles. The molecule has 2 aromatic carbocycles. The number of hydrogen-bond acceptors (Lipinski definition) is 2. The molecule has 2 N–H and O–H groups in total. The van der Waals surface area contributed by atoms with Crippen LogP contribution in [0.2, 0.25) is 0 Å². The second kappa shape index (κ2) is 5.67. The Hall–Kier alpha value is -2.81. The van der Waals surface area contributed by atoms with Gasteiger partial charge in [-0.05, 0) is 42.8 Å². The zero-order valence-electron chi connectivity index (χ0n) is 11.8. The minimum atomic E-state index is 0.419. The fraction of sp³-hybridized carbons (Fsp3) is 0.0556. The van der Waals surface area contributed by atoms with Gasteiger partial charge in [-0.15, -0.1) is 0 Å². The van der Waals surface area contributed by atoms with Gasteiger partial charge in [-0.2, -0.15) is 0 Å². The van der Waals surface area contributed by atoms with Gasteiger partial charge in [0, 0.05) is 11.1 Å². The molecule has 0 aliphatic heterocycles. The summed E-state index contributed by atoms with van der Waals surface area (Å²) in [5.41, 5.74) is 2.88. The summed E-state index contributed by atoms with van der Waals surface area (Å²) >= 11 is 0. The molecule has 0 aliphatic carbocycles. The summed E-state index contributed by atoms with van der Waals surface area (Å²) in [5.74, 6) is 1.24. The van der Waals surface area contributed by atoms with E-state index in [-0.39, 0.29) is 0 Å². The van der Waals surface area contributed by atoms with Gasteiger partial charge in [0.15, 0.2) is 0 Å². The van der Waals surface area contributed by atoms with E-state index in [1.165, 1.54) is 0 Å². The second-order valence-corrected chi connectivity index (χ2v) is 4.90. The molecule has 3 heteroatoms. The molecule has 0 amide bonds. The van der Waals surface area contributed by atoms with Crippen molar-refractivity contribution in [3.8, 4) is 0 Å². The monoisotopic (exact) mass is 276 g/mol. The van der Waals surface area contributed by atoms with E-state index in [4.69, 9.17) is 9.83 Å². The van der Waals surface area contributed by atoms with Gasteiger partial charge in [0.05, 0.1) is 5.84 Å². The largest absolute Gasteiger partial charge is 0.457 e. The van der Waals surface area contributed by atoms with Crippen LogP contribution in [0.5, 0.6) is 0 Å². The summed E-state index contributed by atoms with van der Waals surface area (Å²) < 4.78 is 5.78. The molecule has 3 nitrogen and oxygen atoms in total. The summed E-state index contributed by atoms with van der Waals surface area (Å²) in [7, 11) is 0. The van der Waals surface area contributed by atoms with E-state index in [2.05, 4.69) is 5.32 Å². The van der Waals surface area contributed by atoms with E-state index < -0.39 is 0 Å². The molecule has 0 radical (unpaired) electrons. The number of fused-ring (bicyclic) bond motifs is 1. The number of anilines is 1. The van der Waals surface area contributed by atoms with Crippen molar-refractivity contribution in [1.82, 2.24) is 0 Å². The van der Waals surface area contributed by atoms with E-state index in [0.717, 1.165) is 28.0 Å². The Morgan fingerprint density at radius 1 is 1.05 bits per heavy atom. The van der Waals surface area contributed by atoms with Crippen LogP contribution in [0.15, 0.2) is 59.0 Å². The number of benzene rings is 2. The van der Waals surface area contributed by atoms with Gasteiger partial charge in [0.1, 0.15) is 11.3 Å². The first-order valence-electron chi connectivity index (χ1n) is 6.79. The average Bonchev–Trinajstić information content (AvgIpc) is 2.88. The number of nitrogens with one attached hydrogen (secondary N) is 2. The lowest BCUT2D eigenvalue weighted by atomic mass is 10.2. The van der Waals surface area contributed by atoms with E-state index in [9.17, 15) is 0 Å². The predicted octanol–water partition coefficient (Wildman–Crippen LogP) is 5.01. The maximum Gasteiger partial charge on any atom is 0.134 e. The molecule has 0 saturated carbocycles. The molecule has 3 aromatic rings. The Morgan fingerprint density at radius 3 is 2.62 bits per heavy atom. The number of hydrogen-bond donors (Lipinski definition) is 2. The first-order chi connectivity index (χ1) is 10.2. The molecule has 0 unspecified atom stereocenters. The van der Waals surface area contributed by atoms with Gasteiger partial charge < -0.3 is 9.73 Å². The lowest BCUT2D eigenvalue weighted by molar-refractivity contribution is 0.604. The molecule has 3 rings (SSSR count). The Morgan fingerprint density at radius 2 is 1.86 bits per heavy atom. The highest BCUT2D eigenvalue weighted by atomic mass is 16.3. The first kappa shape index (κ1) is 13.2. The second-order valence-electron chi connectivity index (χ2n) is 4.90. The van der Waals surface area contributed by atoms with Crippen LogP contribution in [0.25, 0.3) is 23.1 Å². The van der Waals surface area contributed by atoms with Gasteiger partial charge in [-0.25, -0.2) is 0 Å². The number of amidine groups is 1. The normalized spacial score (nSPS) is 11.1. The summed E-state index contributed by atoms with van der Waals surface area (Å²) in [6, 6.07) is 17.9. The Labute approximate surface area is 123 Å². The summed E-state index contributed by atoms with van der Waals surface area (Å²) in [6.07, 6.45) is 3.99. The fourth-order valence-electron chi connectivity index (χ4n) is 2.18. The van der Waals surface area contributed by atoms with Crippen LogP contribution < -0.4 is 5.32 Å². The van der Waals surface area contributed by atoms with E-state index >= 15 is 0 Å². The molecule has 0 spiro atoms. The van der Waals surface area contributed by atoms with Gasteiger partial charge in [-0.3, -0.25) is 5.41 Å². The molecule has 1 aromatic heterocycles. The zero-order valence-corrected chi connectivity index (χ0v) is 11.8. The van der Waals surface area contributed by atoms with Crippen molar-refractivity contribution in [2.24, 2.45) is 0 Å². The minimum absolute atomic E-state index is 0.419. The SMILES string of the molecule is CC(=N)Nc1ccc2oc(/C=C/c3ccccc3)cc2c1. The molecule has 0 atom stereocenters. The molecular weight excluding hydrogens is 260 g/mol. The van der Waals surface area contributed by atoms with Crippen molar-refractivity contribution in [1.29, 1.82) is 5.41 Å². The van der Waals surface area contributed by atoms with Gasteiger partial charge >= 0.3 is 0 Å². The third-order valence-electron chi connectivity index (χ3n) is 3.11. The van der Waals surface area contributed by atoms with Crippen molar-refractivity contribution in [3.63, 3.8) is 0 Å². The van der Waals surface area contributed by atoms with E-state index in [1.807, 2.05) is 66.7 Å². The highest BCUT2D eigenvalue weighted by molar-refractivity contribution is 5.94. The third kappa shape index (κ3) is 3.20. The molecular formula is C18H16N2O. The quantitative estimate of drug-likeness (QED) is 0.521.